The SMILES string of the molecule is Cc1cccc(-c2noc([C@@H]3CC(=O)N(Cc4ccccn4)C3)n2)c1. The molecular formula is C19H18N4O2. The van der Waals surface area contributed by atoms with Gasteiger partial charge in [0.1, 0.15) is 0 Å². The summed E-state index contributed by atoms with van der Waals surface area (Å²) < 4.78 is 5.43. The fourth-order valence-corrected chi connectivity index (χ4v) is 3.08. The minimum atomic E-state index is -0.0673. The van der Waals surface area contributed by atoms with E-state index in [2.05, 4.69) is 15.1 Å². The van der Waals surface area contributed by atoms with Crippen LogP contribution in [0, 0.1) is 6.92 Å². The van der Waals surface area contributed by atoms with E-state index in [4.69, 9.17) is 4.52 Å². The molecule has 1 atom stereocenters. The molecule has 1 saturated heterocycles. The van der Waals surface area contributed by atoms with Gasteiger partial charge < -0.3 is 9.42 Å². The minimum absolute atomic E-state index is 0.0673. The number of amides is 1. The van der Waals surface area contributed by atoms with E-state index in [0.29, 0.717) is 31.2 Å². The molecule has 0 saturated carbocycles. The summed E-state index contributed by atoms with van der Waals surface area (Å²) in [6.45, 7) is 3.11. The number of likely N-dealkylation sites (tertiary alicyclic amines) is 1. The van der Waals surface area contributed by atoms with Crippen LogP contribution in [0.1, 0.15) is 29.5 Å². The molecule has 1 aliphatic rings. The number of benzene rings is 1. The quantitative estimate of drug-likeness (QED) is 0.733. The van der Waals surface area contributed by atoms with Crippen LogP contribution in [0.25, 0.3) is 11.4 Å². The average molecular weight is 334 g/mol. The Morgan fingerprint density at radius 2 is 2.16 bits per heavy atom. The van der Waals surface area contributed by atoms with Crippen molar-refractivity contribution in [1.82, 2.24) is 20.0 Å². The Hall–Kier alpha value is -3.02. The highest BCUT2D eigenvalue weighted by Gasteiger charge is 2.34. The van der Waals surface area contributed by atoms with Gasteiger partial charge in [0.05, 0.1) is 18.2 Å². The molecule has 1 aliphatic heterocycles. The molecule has 1 amide bonds. The summed E-state index contributed by atoms with van der Waals surface area (Å²) in [6.07, 6.45) is 2.13. The molecule has 6 heteroatoms. The van der Waals surface area contributed by atoms with Crippen LogP contribution in [0.2, 0.25) is 0 Å². The maximum Gasteiger partial charge on any atom is 0.232 e. The van der Waals surface area contributed by atoms with E-state index in [1.165, 1.54) is 0 Å². The number of hydrogen-bond donors (Lipinski definition) is 0. The highest BCUT2D eigenvalue weighted by Crippen LogP contribution is 2.29. The van der Waals surface area contributed by atoms with E-state index in [0.717, 1.165) is 16.8 Å². The Kier molecular flexibility index (Phi) is 4.01. The Balaban J connectivity index is 1.49. The number of nitrogens with zero attached hydrogens (tertiary/aromatic N) is 4. The molecule has 0 aliphatic carbocycles. The van der Waals surface area contributed by atoms with Crippen LogP contribution in [0.15, 0.2) is 53.2 Å². The van der Waals surface area contributed by atoms with Gasteiger partial charge >= 0.3 is 0 Å². The summed E-state index contributed by atoms with van der Waals surface area (Å²) >= 11 is 0. The molecule has 0 spiro atoms. The smallest absolute Gasteiger partial charge is 0.232 e. The summed E-state index contributed by atoms with van der Waals surface area (Å²) in [5.74, 6) is 1.11. The third-order valence-electron chi connectivity index (χ3n) is 4.36. The van der Waals surface area contributed by atoms with Gasteiger partial charge in [0.25, 0.3) is 0 Å². The molecule has 0 unspecified atom stereocenters. The number of pyridine rings is 1. The summed E-state index contributed by atoms with van der Waals surface area (Å²) in [5, 5.41) is 4.08. The topological polar surface area (TPSA) is 72.1 Å². The monoisotopic (exact) mass is 334 g/mol. The van der Waals surface area contributed by atoms with Gasteiger partial charge in [-0.2, -0.15) is 4.98 Å². The summed E-state index contributed by atoms with van der Waals surface area (Å²) in [5.41, 5.74) is 2.94. The van der Waals surface area contributed by atoms with Crippen LogP contribution in [0.5, 0.6) is 0 Å². The Labute approximate surface area is 145 Å². The second-order valence-electron chi connectivity index (χ2n) is 6.32. The lowest BCUT2D eigenvalue weighted by atomic mass is 10.1. The van der Waals surface area contributed by atoms with Crippen LogP contribution >= 0.6 is 0 Å². The fourth-order valence-electron chi connectivity index (χ4n) is 3.08. The Morgan fingerprint density at radius 3 is 2.96 bits per heavy atom. The van der Waals surface area contributed by atoms with Gasteiger partial charge in [-0.3, -0.25) is 9.78 Å². The zero-order valence-electron chi connectivity index (χ0n) is 13.9. The van der Waals surface area contributed by atoms with E-state index in [-0.39, 0.29) is 11.8 Å². The van der Waals surface area contributed by atoms with Crippen molar-refractivity contribution in [3.8, 4) is 11.4 Å². The largest absolute Gasteiger partial charge is 0.339 e. The molecule has 4 rings (SSSR count). The number of hydrogen-bond acceptors (Lipinski definition) is 5. The van der Waals surface area contributed by atoms with Crippen LogP contribution < -0.4 is 0 Å². The van der Waals surface area contributed by atoms with E-state index in [1.54, 1.807) is 11.1 Å². The minimum Gasteiger partial charge on any atom is -0.339 e. The molecular weight excluding hydrogens is 316 g/mol. The lowest BCUT2D eigenvalue weighted by molar-refractivity contribution is -0.128. The number of aryl methyl sites for hydroxylation is 1. The molecule has 3 heterocycles. The summed E-state index contributed by atoms with van der Waals surface area (Å²) in [4.78, 5) is 22.9. The van der Waals surface area contributed by atoms with Crippen LogP contribution in [0.3, 0.4) is 0 Å². The van der Waals surface area contributed by atoms with Crippen molar-refractivity contribution in [3.05, 3.63) is 65.8 Å². The molecule has 6 nitrogen and oxygen atoms in total. The third kappa shape index (κ3) is 3.28. The van der Waals surface area contributed by atoms with Gasteiger partial charge in [-0.25, -0.2) is 0 Å². The molecule has 1 aromatic carbocycles. The first-order chi connectivity index (χ1) is 12.2. The first kappa shape index (κ1) is 15.5. The van der Waals surface area contributed by atoms with Crippen LogP contribution in [0.4, 0.5) is 0 Å². The predicted octanol–water partition coefficient (Wildman–Crippen LogP) is 2.96. The first-order valence-corrected chi connectivity index (χ1v) is 8.27. The number of carbonyl (C=O) groups excluding carboxylic acids is 1. The molecule has 25 heavy (non-hydrogen) atoms. The van der Waals surface area contributed by atoms with Gasteiger partial charge in [-0.1, -0.05) is 35.0 Å². The average Bonchev–Trinajstić information content (AvgIpc) is 3.24. The van der Waals surface area contributed by atoms with Crippen LogP contribution in [-0.2, 0) is 11.3 Å². The maximum atomic E-state index is 12.3. The van der Waals surface area contributed by atoms with Gasteiger partial charge in [-0.15, -0.1) is 0 Å². The normalized spacial score (nSPS) is 17.2. The number of rotatable bonds is 4. The first-order valence-electron chi connectivity index (χ1n) is 8.27. The lowest BCUT2D eigenvalue weighted by Crippen LogP contribution is -2.24. The lowest BCUT2D eigenvalue weighted by Gasteiger charge is -2.15. The van der Waals surface area contributed by atoms with Crippen molar-refractivity contribution >= 4 is 5.91 Å². The number of carbonyl (C=O) groups is 1. The highest BCUT2D eigenvalue weighted by atomic mass is 16.5. The standard InChI is InChI=1S/C19H18N4O2/c1-13-5-4-6-14(9-13)18-21-19(25-22-18)15-10-17(24)23(11-15)12-16-7-2-3-8-20-16/h2-9,15H,10-12H2,1H3/t15-/m1/s1. The Morgan fingerprint density at radius 1 is 1.24 bits per heavy atom. The zero-order chi connectivity index (χ0) is 17.2. The third-order valence-corrected chi connectivity index (χ3v) is 4.36. The second-order valence-corrected chi connectivity index (χ2v) is 6.32. The van der Waals surface area contributed by atoms with Crippen molar-refractivity contribution in [3.63, 3.8) is 0 Å². The van der Waals surface area contributed by atoms with Crippen molar-refractivity contribution in [2.24, 2.45) is 0 Å². The van der Waals surface area contributed by atoms with Gasteiger partial charge in [0.15, 0.2) is 0 Å². The van der Waals surface area contributed by atoms with E-state index < -0.39 is 0 Å². The summed E-state index contributed by atoms with van der Waals surface area (Å²) in [6, 6.07) is 13.7. The van der Waals surface area contributed by atoms with Crippen molar-refractivity contribution in [1.29, 1.82) is 0 Å². The highest BCUT2D eigenvalue weighted by molar-refractivity contribution is 5.79. The molecule has 0 N–H and O–H groups in total. The summed E-state index contributed by atoms with van der Waals surface area (Å²) in [7, 11) is 0. The second kappa shape index (κ2) is 6.47. The molecule has 3 aromatic rings. The van der Waals surface area contributed by atoms with Gasteiger partial charge in [0.2, 0.25) is 17.6 Å². The molecule has 0 bridgehead atoms. The fraction of sp³-hybridized carbons (Fsp3) is 0.263. The Bertz CT molecular complexity index is 891. The molecule has 1 fully saturated rings. The molecule has 2 aromatic heterocycles. The van der Waals surface area contributed by atoms with E-state index >= 15 is 0 Å². The van der Waals surface area contributed by atoms with Crippen molar-refractivity contribution in [2.45, 2.75) is 25.8 Å². The molecule has 0 radical (unpaired) electrons. The van der Waals surface area contributed by atoms with Gasteiger partial charge in [-0.05, 0) is 25.1 Å². The van der Waals surface area contributed by atoms with E-state index in [1.807, 2.05) is 49.4 Å². The van der Waals surface area contributed by atoms with E-state index in [9.17, 15) is 4.79 Å². The van der Waals surface area contributed by atoms with Crippen molar-refractivity contribution in [2.75, 3.05) is 6.54 Å². The van der Waals surface area contributed by atoms with Gasteiger partial charge in [0, 0.05) is 24.7 Å². The molecule has 126 valence electrons. The number of aromatic nitrogens is 3. The zero-order valence-corrected chi connectivity index (χ0v) is 13.9. The van der Waals surface area contributed by atoms with Crippen LogP contribution in [-0.4, -0.2) is 32.5 Å². The predicted molar refractivity (Wildman–Crippen MR) is 91.5 cm³/mol. The van der Waals surface area contributed by atoms with Crippen molar-refractivity contribution < 1.29 is 9.32 Å². The maximum absolute atomic E-state index is 12.3.